The van der Waals surface area contributed by atoms with Crippen LogP contribution < -0.4 is 9.62 Å². The minimum atomic E-state index is -4.12. The number of carbonyl (C=O) groups is 2. The Balaban J connectivity index is 2.06. The van der Waals surface area contributed by atoms with Gasteiger partial charge in [0.05, 0.1) is 10.6 Å². The van der Waals surface area contributed by atoms with Crippen molar-refractivity contribution in [3.8, 4) is 0 Å². The lowest BCUT2D eigenvalue weighted by atomic mass is 10.1. The number of hydrogen-bond donors (Lipinski definition) is 1. The summed E-state index contributed by atoms with van der Waals surface area (Å²) >= 11 is 12.9. The minimum absolute atomic E-state index is 0.0495. The van der Waals surface area contributed by atoms with Gasteiger partial charge in [0, 0.05) is 28.7 Å². The number of nitrogens with zero attached hydrogens (tertiary/aromatic N) is 2. The molecule has 0 fully saturated rings. The normalized spacial score (nSPS) is 12.0. The second kappa shape index (κ2) is 14.5. The molecule has 1 atom stereocenters. The highest BCUT2D eigenvalue weighted by Crippen LogP contribution is 2.29. The Morgan fingerprint density at radius 1 is 0.900 bits per heavy atom. The summed E-state index contributed by atoms with van der Waals surface area (Å²) in [5.74, 6) is -0.881. The summed E-state index contributed by atoms with van der Waals surface area (Å²) in [4.78, 5) is 28.8. The molecule has 0 saturated carbocycles. The van der Waals surface area contributed by atoms with Gasteiger partial charge in [-0.2, -0.15) is 0 Å². The van der Waals surface area contributed by atoms with E-state index in [1.165, 1.54) is 17.0 Å². The fourth-order valence-corrected chi connectivity index (χ4v) is 6.19. The van der Waals surface area contributed by atoms with Crippen molar-refractivity contribution >= 4 is 50.7 Å². The van der Waals surface area contributed by atoms with E-state index in [9.17, 15) is 18.0 Å². The van der Waals surface area contributed by atoms with Gasteiger partial charge in [-0.15, -0.1) is 0 Å². The molecule has 0 aliphatic carbocycles. The molecule has 3 aromatic rings. The zero-order chi connectivity index (χ0) is 29.3. The third kappa shape index (κ3) is 7.77. The molecular formula is C30H35Cl2N3O4S. The second-order valence-corrected chi connectivity index (χ2v) is 12.1. The smallest absolute Gasteiger partial charge is 0.264 e. The molecule has 3 aromatic carbocycles. The Labute approximate surface area is 247 Å². The number of benzene rings is 3. The molecule has 214 valence electrons. The summed E-state index contributed by atoms with van der Waals surface area (Å²) in [6.07, 6.45) is 2.00. The number of carbonyl (C=O) groups excluding carboxylic acids is 2. The third-order valence-corrected chi connectivity index (χ3v) is 9.03. The molecule has 40 heavy (non-hydrogen) atoms. The monoisotopic (exact) mass is 603 g/mol. The van der Waals surface area contributed by atoms with Gasteiger partial charge in [0.25, 0.3) is 10.0 Å². The Bertz CT molecular complexity index is 1380. The Kier molecular flexibility index (Phi) is 11.4. The summed E-state index contributed by atoms with van der Waals surface area (Å²) in [6, 6.07) is 19.0. The quantitative estimate of drug-likeness (QED) is 0.235. The van der Waals surface area contributed by atoms with Crippen molar-refractivity contribution in [3.05, 3.63) is 94.0 Å². The molecule has 10 heteroatoms. The van der Waals surface area contributed by atoms with Gasteiger partial charge in [-0.3, -0.25) is 13.9 Å². The number of anilines is 1. The van der Waals surface area contributed by atoms with Crippen LogP contribution >= 0.6 is 23.2 Å². The predicted octanol–water partition coefficient (Wildman–Crippen LogP) is 6.22. The molecule has 1 N–H and O–H groups in total. The third-order valence-electron chi connectivity index (χ3n) is 6.54. The van der Waals surface area contributed by atoms with Crippen LogP contribution in [0.2, 0.25) is 10.0 Å². The Hall–Kier alpha value is -3.07. The first-order chi connectivity index (χ1) is 19.1. The first-order valence-electron chi connectivity index (χ1n) is 13.2. The SMILES string of the molecule is CCCCNC(=O)[C@@H](CC)N(Cc1c(Cl)cccc1Cl)C(=O)CN(c1ccc(C)cc1)S(=O)(=O)c1ccccc1. The average molecular weight is 605 g/mol. The summed E-state index contributed by atoms with van der Waals surface area (Å²) < 4.78 is 28.7. The Morgan fingerprint density at radius 3 is 2.10 bits per heavy atom. The van der Waals surface area contributed by atoms with Crippen LogP contribution in [0.25, 0.3) is 0 Å². The lowest BCUT2D eigenvalue weighted by Gasteiger charge is -2.33. The van der Waals surface area contributed by atoms with E-state index in [1.807, 2.05) is 13.8 Å². The molecule has 0 aromatic heterocycles. The molecule has 0 bridgehead atoms. The standard InChI is InChI=1S/C30H35Cl2N3O4S/c1-4-6-19-33-30(37)28(5-2)34(20-25-26(31)13-10-14-27(25)32)29(36)21-35(23-17-15-22(3)16-18-23)40(38,39)24-11-8-7-9-12-24/h7-18,28H,4-6,19-21H2,1-3H3,(H,33,37)/t28-/m1/s1. The molecule has 0 aliphatic heterocycles. The highest BCUT2D eigenvalue weighted by molar-refractivity contribution is 7.92. The van der Waals surface area contributed by atoms with Crippen LogP contribution in [-0.4, -0.2) is 44.3 Å². The van der Waals surface area contributed by atoms with Gasteiger partial charge in [0.2, 0.25) is 11.8 Å². The largest absolute Gasteiger partial charge is 0.354 e. The lowest BCUT2D eigenvalue weighted by molar-refractivity contribution is -0.140. The van der Waals surface area contributed by atoms with Gasteiger partial charge in [0.1, 0.15) is 12.6 Å². The summed E-state index contributed by atoms with van der Waals surface area (Å²) in [5, 5.41) is 3.59. The number of nitrogens with one attached hydrogen (secondary N) is 1. The van der Waals surface area contributed by atoms with Crippen LogP contribution in [-0.2, 0) is 26.2 Å². The van der Waals surface area contributed by atoms with E-state index in [0.717, 1.165) is 22.7 Å². The lowest BCUT2D eigenvalue weighted by Crippen LogP contribution is -2.52. The average Bonchev–Trinajstić information content (AvgIpc) is 2.94. The molecule has 0 aliphatic rings. The van der Waals surface area contributed by atoms with Crippen molar-refractivity contribution in [1.29, 1.82) is 0 Å². The maximum absolute atomic E-state index is 14.1. The van der Waals surface area contributed by atoms with E-state index >= 15 is 0 Å². The zero-order valence-electron chi connectivity index (χ0n) is 22.9. The number of halogens is 2. The van der Waals surface area contributed by atoms with E-state index in [1.54, 1.807) is 67.6 Å². The maximum atomic E-state index is 14.1. The van der Waals surface area contributed by atoms with Gasteiger partial charge in [-0.05, 0) is 56.2 Å². The van der Waals surface area contributed by atoms with Crippen LogP contribution in [0.15, 0.2) is 77.7 Å². The number of sulfonamides is 1. The van der Waals surface area contributed by atoms with Gasteiger partial charge in [-0.1, -0.05) is 85.4 Å². The van der Waals surface area contributed by atoms with Crippen LogP contribution in [0.5, 0.6) is 0 Å². The van der Waals surface area contributed by atoms with E-state index in [0.29, 0.717) is 34.3 Å². The minimum Gasteiger partial charge on any atom is -0.354 e. The summed E-state index contributed by atoms with van der Waals surface area (Å²) in [7, 11) is -4.12. The zero-order valence-corrected chi connectivity index (χ0v) is 25.3. The number of unbranched alkanes of at least 4 members (excludes halogenated alkanes) is 1. The van der Waals surface area contributed by atoms with Crippen molar-refractivity contribution in [2.75, 3.05) is 17.4 Å². The van der Waals surface area contributed by atoms with E-state index in [-0.39, 0.29) is 17.3 Å². The predicted molar refractivity (Wildman–Crippen MR) is 161 cm³/mol. The van der Waals surface area contributed by atoms with Crippen LogP contribution in [0.4, 0.5) is 5.69 Å². The van der Waals surface area contributed by atoms with Crippen molar-refractivity contribution < 1.29 is 18.0 Å². The molecule has 0 spiro atoms. The fraction of sp³-hybridized carbons (Fsp3) is 0.333. The van der Waals surface area contributed by atoms with Crippen LogP contribution in [0, 0.1) is 6.92 Å². The molecule has 0 saturated heterocycles. The number of amides is 2. The molecule has 7 nitrogen and oxygen atoms in total. The van der Waals surface area contributed by atoms with Crippen molar-refractivity contribution in [1.82, 2.24) is 10.2 Å². The van der Waals surface area contributed by atoms with Crippen molar-refractivity contribution in [2.45, 2.75) is 57.5 Å². The summed E-state index contributed by atoms with van der Waals surface area (Å²) in [6.45, 7) is 5.59. The van der Waals surface area contributed by atoms with Crippen molar-refractivity contribution in [3.63, 3.8) is 0 Å². The molecular weight excluding hydrogens is 569 g/mol. The van der Waals surface area contributed by atoms with Crippen molar-refractivity contribution in [2.24, 2.45) is 0 Å². The Morgan fingerprint density at radius 2 is 1.52 bits per heavy atom. The van der Waals surface area contributed by atoms with Gasteiger partial charge in [-0.25, -0.2) is 8.42 Å². The molecule has 0 heterocycles. The molecule has 3 rings (SSSR count). The highest BCUT2D eigenvalue weighted by atomic mass is 35.5. The first-order valence-corrected chi connectivity index (χ1v) is 15.4. The van der Waals surface area contributed by atoms with E-state index in [4.69, 9.17) is 23.2 Å². The van der Waals surface area contributed by atoms with Gasteiger partial charge >= 0.3 is 0 Å². The fourth-order valence-electron chi connectivity index (χ4n) is 4.24. The van der Waals surface area contributed by atoms with Gasteiger partial charge < -0.3 is 10.2 Å². The van der Waals surface area contributed by atoms with Crippen LogP contribution in [0.1, 0.15) is 44.2 Å². The number of aryl methyl sites for hydroxylation is 1. The molecule has 2 amide bonds. The second-order valence-electron chi connectivity index (χ2n) is 9.45. The first kappa shape index (κ1) is 31.5. The van der Waals surface area contributed by atoms with Gasteiger partial charge in [0.15, 0.2) is 0 Å². The topological polar surface area (TPSA) is 86.8 Å². The highest BCUT2D eigenvalue weighted by Gasteiger charge is 2.34. The molecule has 0 unspecified atom stereocenters. The number of hydrogen-bond acceptors (Lipinski definition) is 4. The van der Waals surface area contributed by atoms with E-state index < -0.39 is 28.5 Å². The molecule has 0 radical (unpaired) electrons. The summed E-state index contributed by atoms with van der Waals surface area (Å²) in [5.41, 5.74) is 1.75. The van der Waals surface area contributed by atoms with Crippen LogP contribution in [0.3, 0.4) is 0 Å². The number of rotatable bonds is 13. The van der Waals surface area contributed by atoms with E-state index in [2.05, 4.69) is 5.32 Å². The maximum Gasteiger partial charge on any atom is 0.264 e.